The molecule has 0 aliphatic rings. The van der Waals surface area contributed by atoms with Gasteiger partial charge in [-0.2, -0.15) is 0 Å². The smallest absolute Gasteiger partial charge is 0.270 e. The molecule has 1 amide bonds. The van der Waals surface area contributed by atoms with Gasteiger partial charge < -0.3 is 15.4 Å². The molecular weight excluding hydrogens is 292 g/mol. The first-order valence-electron chi connectivity index (χ1n) is 7.37. The fourth-order valence-corrected chi connectivity index (χ4v) is 2.01. The van der Waals surface area contributed by atoms with Gasteiger partial charge in [0.1, 0.15) is 11.4 Å². The number of rotatable bonds is 4. The van der Waals surface area contributed by atoms with Crippen LogP contribution in [0.25, 0.3) is 0 Å². The number of nitrogens with one attached hydrogen (secondary N) is 2. The Morgan fingerprint density at radius 3 is 2.52 bits per heavy atom. The summed E-state index contributed by atoms with van der Waals surface area (Å²) in [5, 5.41) is 5.99. The van der Waals surface area contributed by atoms with Gasteiger partial charge in [0.25, 0.3) is 5.91 Å². The van der Waals surface area contributed by atoms with Crippen LogP contribution in [-0.2, 0) is 0 Å². The molecule has 23 heavy (non-hydrogen) atoms. The zero-order valence-electron chi connectivity index (χ0n) is 14.1. The van der Waals surface area contributed by atoms with Crippen molar-refractivity contribution in [3.8, 4) is 5.75 Å². The van der Waals surface area contributed by atoms with Crippen LogP contribution >= 0.6 is 0 Å². The Hall–Kier alpha value is -2.63. The molecule has 0 aliphatic carbocycles. The SMILES string of the molecule is COc1ccccc1Nc1nc(C)cc(C(=O)NC(C)(C)C)n1. The minimum atomic E-state index is -0.327. The van der Waals surface area contributed by atoms with Crippen LogP contribution in [0.1, 0.15) is 37.0 Å². The largest absolute Gasteiger partial charge is 0.495 e. The van der Waals surface area contributed by atoms with Gasteiger partial charge in [0, 0.05) is 11.2 Å². The number of para-hydroxylation sites is 2. The maximum absolute atomic E-state index is 12.3. The van der Waals surface area contributed by atoms with Crippen LogP contribution in [0.2, 0.25) is 0 Å². The maximum atomic E-state index is 12.3. The van der Waals surface area contributed by atoms with Crippen LogP contribution in [-0.4, -0.2) is 28.5 Å². The predicted octanol–water partition coefficient (Wildman–Crippen LogP) is 3.07. The molecule has 0 spiro atoms. The van der Waals surface area contributed by atoms with E-state index < -0.39 is 0 Å². The lowest BCUT2D eigenvalue weighted by Gasteiger charge is -2.20. The highest BCUT2D eigenvalue weighted by atomic mass is 16.5. The number of anilines is 2. The van der Waals surface area contributed by atoms with Crippen LogP contribution in [0.5, 0.6) is 5.75 Å². The van der Waals surface area contributed by atoms with Crippen molar-refractivity contribution in [2.45, 2.75) is 33.2 Å². The maximum Gasteiger partial charge on any atom is 0.270 e. The highest BCUT2D eigenvalue weighted by molar-refractivity contribution is 5.93. The predicted molar refractivity (Wildman–Crippen MR) is 90.3 cm³/mol. The fourth-order valence-electron chi connectivity index (χ4n) is 2.01. The quantitative estimate of drug-likeness (QED) is 0.907. The van der Waals surface area contributed by atoms with Crippen LogP contribution in [0.3, 0.4) is 0 Å². The molecule has 6 nitrogen and oxygen atoms in total. The summed E-state index contributed by atoms with van der Waals surface area (Å²) in [5.74, 6) is 0.804. The number of ether oxygens (including phenoxy) is 1. The summed E-state index contributed by atoms with van der Waals surface area (Å²) in [5.41, 5.74) is 1.44. The van der Waals surface area contributed by atoms with E-state index in [1.807, 2.05) is 52.0 Å². The van der Waals surface area contributed by atoms with Gasteiger partial charge in [0.15, 0.2) is 0 Å². The van der Waals surface area contributed by atoms with Crippen LogP contribution < -0.4 is 15.4 Å². The highest BCUT2D eigenvalue weighted by Gasteiger charge is 2.17. The minimum Gasteiger partial charge on any atom is -0.495 e. The van der Waals surface area contributed by atoms with E-state index in [2.05, 4.69) is 20.6 Å². The van der Waals surface area contributed by atoms with E-state index in [0.717, 1.165) is 5.69 Å². The molecule has 0 fully saturated rings. The van der Waals surface area contributed by atoms with E-state index in [9.17, 15) is 4.79 Å². The minimum absolute atomic E-state index is 0.230. The number of carbonyl (C=O) groups is 1. The summed E-state index contributed by atoms with van der Waals surface area (Å²) in [6.45, 7) is 7.59. The Balaban J connectivity index is 2.29. The summed E-state index contributed by atoms with van der Waals surface area (Å²) in [7, 11) is 1.60. The van der Waals surface area contributed by atoms with Gasteiger partial charge in [0.2, 0.25) is 5.95 Å². The lowest BCUT2D eigenvalue weighted by atomic mass is 10.1. The number of methoxy groups -OCH3 is 1. The Bertz CT molecular complexity index is 708. The van der Waals surface area contributed by atoms with Gasteiger partial charge in [-0.1, -0.05) is 12.1 Å². The van der Waals surface area contributed by atoms with Gasteiger partial charge in [-0.25, -0.2) is 9.97 Å². The van der Waals surface area contributed by atoms with E-state index in [1.165, 1.54) is 0 Å². The van der Waals surface area contributed by atoms with Gasteiger partial charge >= 0.3 is 0 Å². The number of nitrogens with zero attached hydrogens (tertiary/aromatic N) is 2. The first-order chi connectivity index (χ1) is 10.8. The van der Waals surface area contributed by atoms with Crippen molar-refractivity contribution in [1.82, 2.24) is 15.3 Å². The third-order valence-corrected chi connectivity index (χ3v) is 2.93. The molecule has 122 valence electrons. The van der Waals surface area contributed by atoms with Crippen molar-refractivity contribution in [3.05, 3.63) is 41.7 Å². The van der Waals surface area contributed by atoms with Crippen molar-refractivity contribution >= 4 is 17.5 Å². The molecule has 2 N–H and O–H groups in total. The van der Waals surface area contributed by atoms with E-state index >= 15 is 0 Å². The molecule has 0 saturated heterocycles. The van der Waals surface area contributed by atoms with Crippen molar-refractivity contribution in [2.75, 3.05) is 12.4 Å². The normalized spacial score (nSPS) is 11.0. The number of hydrogen-bond acceptors (Lipinski definition) is 5. The van der Waals surface area contributed by atoms with Crippen molar-refractivity contribution < 1.29 is 9.53 Å². The van der Waals surface area contributed by atoms with Crippen molar-refractivity contribution in [1.29, 1.82) is 0 Å². The Morgan fingerprint density at radius 1 is 1.17 bits per heavy atom. The molecule has 1 heterocycles. The molecule has 0 saturated carbocycles. The molecular formula is C17H22N4O2. The van der Waals surface area contributed by atoms with Crippen LogP contribution in [0.4, 0.5) is 11.6 Å². The molecule has 6 heteroatoms. The summed E-state index contributed by atoms with van der Waals surface area (Å²) >= 11 is 0. The second-order valence-corrected chi connectivity index (χ2v) is 6.25. The zero-order chi connectivity index (χ0) is 17.0. The fraction of sp³-hybridized carbons (Fsp3) is 0.353. The lowest BCUT2D eigenvalue weighted by Crippen LogP contribution is -2.41. The van der Waals surface area contributed by atoms with Gasteiger partial charge in [-0.3, -0.25) is 4.79 Å². The molecule has 0 bridgehead atoms. The monoisotopic (exact) mass is 314 g/mol. The van der Waals surface area contributed by atoms with E-state index in [4.69, 9.17) is 4.74 Å². The summed E-state index contributed by atoms with van der Waals surface area (Å²) in [6, 6.07) is 9.12. The standard InChI is InChI=1S/C17H22N4O2/c1-11-10-13(15(22)21-17(2,3)4)20-16(18-11)19-12-8-6-7-9-14(12)23-5/h6-10H,1-5H3,(H,21,22)(H,18,19,20). The van der Waals surface area contributed by atoms with Crippen molar-refractivity contribution in [2.24, 2.45) is 0 Å². The Kier molecular flexibility index (Phi) is 4.83. The van der Waals surface area contributed by atoms with Gasteiger partial charge in [-0.15, -0.1) is 0 Å². The summed E-state index contributed by atoms with van der Waals surface area (Å²) in [4.78, 5) is 20.9. The molecule has 0 atom stereocenters. The zero-order valence-corrected chi connectivity index (χ0v) is 14.1. The Labute approximate surface area is 136 Å². The number of hydrogen-bond donors (Lipinski definition) is 2. The summed E-state index contributed by atoms with van der Waals surface area (Å²) in [6.07, 6.45) is 0. The number of aromatic nitrogens is 2. The van der Waals surface area contributed by atoms with E-state index in [0.29, 0.717) is 23.1 Å². The molecule has 0 aliphatic heterocycles. The first kappa shape index (κ1) is 16.7. The topological polar surface area (TPSA) is 76.1 Å². The number of aryl methyl sites for hydroxylation is 1. The highest BCUT2D eigenvalue weighted by Crippen LogP contribution is 2.25. The van der Waals surface area contributed by atoms with E-state index in [1.54, 1.807) is 13.2 Å². The second kappa shape index (κ2) is 6.64. The number of amides is 1. The first-order valence-corrected chi connectivity index (χ1v) is 7.37. The number of carbonyl (C=O) groups excluding carboxylic acids is 1. The van der Waals surface area contributed by atoms with Crippen LogP contribution in [0, 0.1) is 6.92 Å². The average molecular weight is 314 g/mol. The molecule has 0 radical (unpaired) electrons. The summed E-state index contributed by atoms with van der Waals surface area (Å²) < 4.78 is 5.29. The molecule has 2 rings (SSSR count). The molecule has 0 unspecified atom stereocenters. The average Bonchev–Trinajstić information content (AvgIpc) is 2.45. The molecule has 1 aromatic heterocycles. The third kappa shape index (κ3) is 4.67. The second-order valence-electron chi connectivity index (χ2n) is 6.25. The van der Waals surface area contributed by atoms with Crippen LogP contribution in [0.15, 0.2) is 30.3 Å². The number of benzene rings is 1. The van der Waals surface area contributed by atoms with E-state index in [-0.39, 0.29) is 11.4 Å². The van der Waals surface area contributed by atoms with Gasteiger partial charge in [0.05, 0.1) is 12.8 Å². The van der Waals surface area contributed by atoms with Crippen molar-refractivity contribution in [3.63, 3.8) is 0 Å². The molecule has 2 aromatic rings. The Morgan fingerprint density at radius 2 is 1.87 bits per heavy atom. The lowest BCUT2D eigenvalue weighted by molar-refractivity contribution is 0.0914. The van der Waals surface area contributed by atoms with Gasteiger partial charge in [-0.05, 0) is 45.9 Å². The third-order valence-electron chi connectivity index (χ3n) is 2.93. The molecule has 1 aromatic carbocycles.